The molecule has 1 aliphatic heterocycles. The minimum atomic E-state index is -0.137. The van der Waals surface area contributed by atoms with Crippen LogP contribution in [0.3, 0.4) is 0 Å². The standard InChI is InChI=1S/C23H26N4O3/c1-29-20-7-5-8-21(30-2)17(20)15-27-12-9-16(10-13-27)19-14-22(28)26-23(25-19)18-6-3-4-11-24-18/h3-8,11,14,16H,9-10,12-13,15H2,1-2H3,(H,25,26,28). The SMILES string of the molecule is COc1cccc(OC)c1CN1CCC(c2cc(=O)[nH]c(-c3ccccn3)n2)CC1. The van der Waals surface area contributed by atoms with E-state index in [1.54, 1.807) is 26.5 Å². The summed E-state index contributed by atoms with van der Waals surface area (Å²) in [5.74, 6) is 2.46. The molecule has 7 heteroatoms. The van der Waals surface area contributed by atoms with Crippen LogP contribution in [0.25, 0.3) is 11.5 Å². The van der Waals surface area contributed by atoms with Crippen LogP contribution in [0.5, 0.6) is 11.5 Å². The lowest BCUT2D eigenvalue weighted by molar-refractivity contribution is 0.198. The minimum absolute atomic E-state index is 0.137. The highest BCUT2D eigenvalue weighted by Crippen LogP contribution is 2.32. The number of rotatable bonds is 6. The number of aromatic amines is 1. The molecule has 3 aromatic rings. The molecule has 156 valence electrons. The topological polar surface area (TPSA) is 80.3 Å². The van der Waals surface area contributed by atoms with Crippen molar-refractivity contribution < 1.29 is 9.47 Å². The van der Waals surface area contributed by atoms with Gasteiger partial charge in [-0.1, -0.05) is 12.1 Å². The molecular weight excluding hydrogens is 380 g/mol. The Morgan fingerprint density at radius 3 is 2.43 bits per heavy atom. The Morgan fingerprint density at radius 1 is 1.07 bits per heavy atom. The Bertz CT molecular complexity index is 1020. The molecule has 0 radical (unpaired) electrons. The number of ether oxygens (including phenoxy) is 2. The predicted molar refractivity (Wildman–Crippen MR) is 115 cm³/mol. The van der Waals surface area contributed by atoms with E-state index in [1.165, 1.54) is 0 Å². The number of nitrogens with one attached hydrogen (secondary N) is 1. The Balaban J connectivity index is 1.47. The second kappa shape index (κ2) is 9.09. The van der Waals surface area contributed by atoms with Gasteiger partial charge in [-0.3, -0.25) is 14.7 Å². The van der Waals surface area contributed by atoms with E-state index in [0.29, 0.717) is 11.5 Å². The minimum Gasteiger partial charge on any atom is -0.496 e. The van der Waals surface area contributed by atoms with Gasteiger partial charge in [0.15, 0.2) is 5.82 Å². The second-order valence-corrected chi connectivity index (χ2v) is 7.43. The highest BCUT2D eigenvalue weighted by molar-refractivity contribution is 5.48. The lowest BCUT2D eigenvalue weighted by Crippen LogP contribution is -2.33. The zero-order chi connectivity index (χ0) is 20.9. The first-order chi connectivity index (χ1) is 14.7. The number of H-pyrrole nitrogens is 1. The number of nitrogens with zero attached hydrogens (tertiary/aromatic N) is 3. The molecule has 4 rings (SSSR count). The summed E-state index contributed by atoms with van der Waals surface area (Å²) >= 11 is 0. The van der Waals surface area contributed by atoms with E-state index in [9.17, 15) is 4.79 Å². The van der Waals surface area contributed by atoms with Gasteiger partial charge in [0.2, 0.25) is 0 Å². The largest absolute Gasteiger partial charge is 0.496 e. The van der Waals surface area contributed by atoms with Crippen molar-refractivity contribution in [2.45, 2.75) is 25.3 Å². The predicted octanol–water partition coefficient (Wildman–Crippen LogP) is 3.23. The van der Waals surface area contributed by atoms with Gasteiger partial charge in [-0.2, -0.15) is 0 Å². The van der Waals surface area contributed by atoms with Crippen LogP contribution < -0.4 is 15.0 Å². The maximum atomic E-state index is 12.2. The van der Waals surface area contributed by atoms with Crippen molar-refractivity contribution in [1.82, 2.24) is 19.9 Å². The van der Waals surface area contributed by atoms with Crippen LogP contribution in [-0.2, 0) is 6.54 Å². The smallest absolute Gasteiger partial charge is 0.251 e. The maximum Gasteiger partial charge on any atom is 0.251 e. The molecule has 1 fully saturated rings. The summed E-state index contributed by atoms with van der Waals surface area (Å²) in [4.78, 5) is 26.4. The molecule has 0 saturated carbocycles. The number of likely N-dealkylation sites (tertiary alicyclic amines) is 1. The first kappa shape index (κ1) is 20.1. The van der Waals surface area contributed by atoms with Crippen LogP contribution in [0.2, 0.25) is 0 Å². The Morgan fingerprint density at radius 2 is 1.80 bits per heavy atom. The van der Waals surface area contributed by atoms with E-state index in [0.717, 1.165) is 55.2 Å². The van der Waals surface area contributed by atoms with Crippen LogP contribution in [0.4, 0.5) is 0 Å². The lowest BCUT2D eigenvalue weighted by atomic mass is 9.93. The molecule has 0 unspecified atom stereocenters. The van der Waals surface area contributed by atoms with Crippen LogP contribution >= 0.6 is 0 Å². The fraction of sp³-hybridized carbons (Fsp3) is 0.348. The molecule has 1 saturated heterocycles. The summed E-state index contributed by atoms with van der Waals surface area (Å²) < 4.78 is 11.1. The first-order valence-electron chi connectivity index (χ1n) is 10.1. The quantitative estimate of drug-likeness (QED) is 0.677. The molecule has 0 spiro atoms. The molecule has 0 amide bonds. The average Bonchev–Trinajstić information content (AvgIpc) is 2.80. The molecule has 30 heavy (non-hydrogen) atoms. The highest BCUT2D eigenvalue weighted by atomic mass is 16.5. The zero-order valence-electron chi connectivity index (χ0n) is 17.3. The molecule has 0 atom stereocenters. The number of piperidine rings is 1. The molecule has 0 bridgehead atoms. The Labute approximate surface area is 175 Å². The van der Waals surface area contributed by atoms with E-state index in [1.807, 2.05) is 36.4 Å². The van der Waals surface area contributed by atoms with Gasteiger partial charge < -0.3 is 14.5 Å². The fourth-order valence-corrected chi connectivity index (χ4v) is 4.00. The van der Waals surface area contributed by atoms with Gasteiger partial charge in [0.05, 0.1) is 25.5 Å². The van der Waals surface area contributed by atoms with Gasteiger partial charge in [0.25, 0.3) is 5.56 Å². The summed E-state index contributed by atoms with van der Waals surface area (Å²) in [5, 5.41) is 0. The molecule has 3 heterocycles. The van der Waals surface area contributed by atoms with Gasteiger partial charge in [-0.15, -0.1) is 0 Å². The maximum absolute atomic E-state index is 12.2. The molecule has 7 nitrogen and oxygen atoms in total. The fourth-order valence-electron chi connectivity index (χ4n) is 4.00. The van der Waals surface area contributed by atoms with Crippen molar-refractivity contribution in [1.29, 1.82) is 0 Å². The van der Waals surface area contributed by atoms with Gasteiger partial charge >= 0.3 is 0 Å². The van der Waals surface area contributed by atoms with Crippen molar-refractivity contribution in [3.8, 4) is 23.0 Å². The molecule has 2 aromatic heterocycles. The third-order valence-electron chi connectivity index (χ3n) is 5.59. The van der Waals surface area contributed by atoms with E-state index >= 15 is 0 Å². The van der Waals surface area contributed by atoms with Crippen molar-refractivity contribution in [2.75, 3.05) is 27.3 Å². The first-order valence-corrected chi connectivity index (χ1v) is 10.1. The van der Waals surface area contributed by atoms with Gasteiger partial charge in [0.1, 0.15) is 17.2 Å². The van der Waals surface area contributed by atoms with E-state index in [4.69, 9.17) is 14.5 Å². The number of hydrogen-bond acceptors (Lipinski definition) is 6. The Kier molecular flexibility index (Phi) is 6.09. The molecular formula is C23H26N4O3. The van der Waals surface area contributed by atoms with Crippen LogP contribution in [0, 0.1) is 0 Å². The summed E-state index contributed by atoms with van der Waals surface area (Å²) in [6.45, 7) is 2.60. The van der Waals surface area contributed by atoms with Crippen LogP contribution in [0.15, 0.2) is 53.5 Å². The number of benzene rings is 1. The average molecular weight is 406 g/mol. The molecule has 0 aliphatic carbocycles. The van der Waals surface area contributed by atoms with Gasteiger partial charge in [-0.25, -0.2) is 4.98 Å². The summed E-state index contributed by atoms with van der Waals surface area (Å²) in [6.07, 6.45) is 3.58. The van der Waals surface area contributed by atoms with Crippen LogP contribution in [0.1, 0.15) is 30.0 Å². The number of pyridine rings is 1. The number of methoxy groups -OCH3 is 2. The van der Waals surface area contributed by atoms with E-state index < -0.39 is 0 Å². The van der Waals surface area contributed by atoms with Crippen molar-refractivity contribution >= 4 is 0 Å². The summed E-state index contributed by atoms with van der Waals surface area (Å²) in [7, 11) is 3.37. The van der Waals surface area contributed by atoms with Gasteiger partial charge in [-0.05, 0) is 50.2 Å². The van der Waals surface area contributed by atoms with Crippen molar-refractivity contribution in [3.05, 3.63) is 70.3 Å². The van der Waals surface area contributed by atoms with Crippen molar-refractivity contribution in [2.24, 2.45) is 0 Å². The van der Waals surface area contributed by atoms with Gasteiger partial charge in [0, 0.05) is 24.7 Å². The monoisotopic (exact) mass is 406 g/mol. The van der Waals surface area contributed by atoms with E-state index in [-0.39, 0.29) is 11.5 Å². The summed E-state index contributed by atoms with van der Waals surface area (Å²) in [6, 6.07) is 13.1. The second-order valence-electron chi connectivity index (χ2n) is 7.43. The third-order valence-corrected chi connectivity index (χ3v) is 5.59. The normalized spacial score (nSPS) is 15.1. The number of hydrogen-bond donors (Lipinski definition) is 1. The highest BCUT2D eigenvalue weighted by Gasteiger charge is 2.24. The third kappa shape index (κ3) is 4.36. The summed E-state index contributed by atoms with van der Waals surface area (Å²) in [5.41, 5.74) is 2.44. The molecule has 1 N–H and O–H groups in total. The lowest BCUT2D eigenvalue weighted by Gasteiger charge is -2.32. The van der Waals surface area contributed by atoms with Crippen LogP contribution in [-0.4, -0.2) is 47.2 Å². The van der Waals surface area contributed by atoms with E-state index in [2.05, 4.69) is 14.9 Å². The molecule has 1 aliphatic rings. The Hall–Kier alpha value is -3.19. The van der Waals surface area contributed by atoms with Crippen molar-refractivity contribution in [3.63, 3.8) is 0 Å². The molecule has 1 aromatic carbocycles. The zero-order valence-corrected chi connectivity index (χ0v) is 17.3. The number of aromatic nitrogens is 3.